The average molecular weight is 359 g/mol. The Hall–Kier alpha value is -2.92. The largest absolute Gasteiger partial charge is 0.384 e. The van der Waals surface area contributed by atoms with Gasteiger partial charge in [-0.05, 0) is 54.3 Å². The van der Waals surface area contributed by atoms with Gasteiger partial charge in [-0.15, -0.1) is 11.3 Å². The monoisotopic (exact) mass is 359 g/mol. The molecule has 26 heavy (non-hydrogen) atoms. The molecule has 0 fully saturated rings. The average Bonchev–Trinajstić information content (AvgIpc) is 3.40. The van der Waals surface area contributed by atoms with E-state index in [0.29, 0.717) is 11.7 Å². The molecule has 2 aromatic carbocycles. The summed E-state index contributed by atoms with van der Waals surface area (Å²) >= 11 is 1.68. The Balaban J connectivity index is 1.49. The smallest absolute Gasteiger partial charge is 0.268 e. The second-order valence-electron chi connectivity index (χ2n) is 6.42. The summed E-state index contributed by atoms with van der Waals surface area (Å²) in [7, 11) is 0. The normalized spacial score (nSPS) is 12.8. The van der Waals surface area contributed by atoms with E-state index < -0.39 is 0 Å². The summed E-state index contributed by atoms with van der Waals surface area (Å²) in [6, 6.07) is 18.8. The van der Waals surface area contributed by atoms with Gasteiger partial charge >= 0.3 is 0 Å². The lowest BCUT2D eigenvalue weighted by atomic mass is 10.1. The van der Waals surface area contributed by atoms with E-state index >= 15 is 0 Å². The molecule has 0 unspecified atom stereocenters. The highest BCUT2D eigenvalue weighted by molar-refractivity contribution is 7.15. The SMILES string of the molecule is Cc1sc(-c2nc(-c3ccc4c(c3)CCN4)no2)cc1-c1ccccc1. The highest BCUT2D eigenvalue weighted by Gasteiger charge is 2.17. The van der Waals surface area contributed by atoms with Crippen LogP contribution in [0.4, 0.5) is 5.69 Å². The number of hydrogen-bond donors (Lipinski definition) is 1. The molecular formula is C21H17N3OS. The van der Waals surface area contributed by atoms with Crippen LogP contribution < -0.4 is 5.32 Å². The number of aromatic nitrogens is 2. The van der Waals surface area contributed by atoms with Gasteiger partial charge in [-0.2, -0.15) is 4.98 Å². The number of fused-ring (bicyclic) bond motifs is 1. The van der Waals surface area contributed by atoms with Gasteiger partial charge in [0.05, 0.1) is 4.88 Å². The van der Waals surface area contributed by atoms with Crippen molar-refractivity contribution in [3.8, 4) is 33.3 Å². The molecule has 1 N–H and O–H groups in total. The molecule has 0 aliphatic carbocycles. The molecule has 0 amide bonds. The summed E-state index contributed by atoms with van der Waals surface area (Å²) in [6.07, 6.45) is 1.04. The van der Waals surface area contributed by atoms with Crippen molar-refractivity contribution in [2.24, 2.45) is 0 Å². The Labute approximate surface area is 155 Å². The highest BCUT2D eigenvalue weighted by atomic mass is 32.1. The highest BCUT2D eigenvalue weighted by Crippen LogP contribution is 2.37. The van der Waals surface area contributed by atoms with E-state index in [9.17, 15) is 0 Å². The fourth-order valence-corrected chi connectivity index (χ4v) is 4.34. The molecule has 5 rings (SSSR count). The summed E-state index contributed by atoms with van der Waals surface area (Å²) in [5.74, 6) is 1.22. The molecule has 0 bridgehead atoms. The minimum absolute atomic E-state index is 0.578. The van der Waals surface area contributed by atoms with Crippen LogP contribution in [0.3, 0.4) is 0 Å². The molecule has 0 saturated heterocycles. The minimum atomic E-state index is 0.578. The number of aryl methyl sites for hydroxylation is 1. The number of nitrogens with one attached hydrogen (secondary N) is 1. The van der Waals surface area contributed by atoms with Gasteiger partial charge in [0.2, 0.25) is 5.82 Å². The van der Waals surface area contributed by atoms with E-state index in [1.165, 1.54) is 27.3 Å². The molecule has 1 aliphatic heterocycles. The Kier molecular flexibility index (Phi) is 3.60. The molecule has 4 nitrogen and oxygen atoms in total. The summed E-state index contributed by atoms with van der Waals surface area (Å²) in [5.41, 5.74) is 5.94. The van der Waals surface area contributed by atoms with Gasteiger partial charge in [-0.3, -0.25) is 0 Å². The lowest BCUT2D eigenvalue weighted by Crippen LogP contribution is -1.90. The number of rotatable bonds is 3. The predicted octanol–water partition coefficient (Wildman–Crippen LogP) is 5.41. The van der Waals surface area contributed by atoms with Crippen LogP contribution in [0.25, 0.3) is 33.3 Å². The molecule has 0 saturated carbocycles. The van der Waals surface area contributed by atoms with Gasteiger partial charge < -0.3 is 9.84 Å². The van der Waals surface area contributed by atoms with Crippen LogP contribution in [-0.4, -0.2) is 16.7 Å². The molecule has 3 heterocycles. The van der Waals surface area contributed by atoms with E-state index in [2.05, 4.69) is 64.8 Å². The van der Waals surface area contributed by atoms with Crippen LogP contribution in [0.2, 0.25) is 0 Å². The standard InChI is InChI=1S/C21H17N3OS/c1-13-17(14-5-3-2-4-6-14)12-19(26-13)21-23-20(24-25-21)16-7-8-18-15(11-16)9-10-22-18/h2-8,11-12,22H,9-10H2,1H3. The Morgan fingerprint density at radius 1 is 1.04 bits per heavy atom. The molecule has 128 valence electrons. The molecule has 4 aromatic rings. The zero-order chi connectivity index (χ0) is 17.5. The van der Waals surface area contributed by atoms with Crippen molar-refractivity contribution in [2.75, 3.05) is 11.9 Å². The van der Waals surface area contributed by atoms with Crippen molar-refractivity contribution in [1.82, 2.24) is 10.1 Å². The third kappa shape index (κ3) is 2.61. The zero-order valence-corrected chi connectivity index (χ0v) is 15.1. The van der Waals surface area contributed by atoms with Crippen molar-refractivity contribution in [1.29, 1.82) is 0 Å². The van der Waals surface area contributed by atoms with Crippen LogP contribution >= 0.6 is 11.3 Å². The van der Waals surface area contributed by atoms with E-state index in [0.717, 1.165) is 23.4 Å². The van der Waals surface area contributed by atoms with Crippen LogP contribution in [0.15, 0.2) is 59.1 Å². The van der Waals surface area contributed by atoms with Crippen LogP contribution in [0.5, 0.6) is 0 Å². The summed E-state index contributed by atoms with van der Waals surface area (Å²) in [6.45, 7) is 3.12. The van der Waals surface area contributed by atoms with Crippen LogP contribution in [-0.2, 0) is 6.42 Å². The first kappa shape index (κ1) is 15.3. The first-order valence-corrected chi connectivity index (χ1v) is 9.47. The van der Waals surface area contributed by atoms with E-state index in [1.807, 2.05) is 12.1 Å². The zero-order valence-electron chi connectivity index (χ0n) is 14.3. The number of thiophene rings is 1. The summed E-state index contributed by atoms with van der Waals surface area (Å²) < 4.78 is 5.56. The first-order chi connectivity index (χ1) is 12.8. The summed E-state index contributed by atoms with van der Waals surface area (Å²) in [4.78, 5) is 6.88. The van der Waals surface area contributed by atoms with Crippen molar-refractivity contribution in [2.45, 2.75) is 13.3 Å². The third-order valence-electron chi connectivity index (χ3n) is 4.71. The van der Waals surface area contributed by atoms with Crippen LogP contribution in [0, 0.1) is 6.92 Å². The van der Waals surface area contributed by atoms with Crippen molar-refractivity contribution in [3.63, 3.8) is 0 Å². The molecule has 1 aliphatic rings. The molecule has 2 aromatic heterocycles. The summed E-state index contributed by atoms with van der Waals surface area (Å²) in [5, 5.41) is 7.57. The van der Waals surface area contributed by atoms with Gasteiger partial charge in [0.1, 0.15) is 0 Å². The van der Waals surface area contributed by atoms with Gasteiger partial charge in [-0.1, -0.05) is 35.5 Å². The van der Waals surface area contributed by atoms with E-state index in [4.69, 9.17) is 4.52 Å². The second-order valence-corrected chi connectivity index (χ2v) is 7.67. The van der Waals surface area contributed by atoms with E-state index in [1.54, 1.807) is 11.3 Å². The number of nitrogens with zero attached hydrogens (tertiary/aromatic N) is 2. The first-order valence-electron chi connectivity index (χ1n) is 8.65. The number of benzene rings is 2. The fourth-order valence-electron chi connectivity index (χ4n) is 3.38. The quantitative estimate of drug-likeness (QED) is 0.531. The minimum Gasteiger partial charge on any atom is -0.384 e. The van der Waals surface area contributed by atoms with Crippen molar-refractivity contribution in [3.05, 3.63) is 65.0 Å². The maximum absolute atomic E-state index is 5.56. The molecule has 0 atom stereocenters. The van der Waals surface area contributed by atoms with E-state index in [-0.39, 0.29) is 0 Å². The lowest BCUT2D eigenvalue weighted by Gasteiger charge is -2.00. The molecule has 5 heteroatoms. The van der Waals surface area contributed by atoms with Crippen molar-refractivity contribution >= 4 is 17.0 Å². The van der Waals surface area contributed by atoms with Gasteiger partial charge in [0.15, 0.2) is 0 Å². The third-order valence-corrected chi connectivity index (χ3v) is 5.75. The fraction of sp³-hybridized carbons (Fsp3) is 0.143. The maximum atomic E-state index is 5.56. The maximum Gasteiger partial charge on any atom is 0.268 e. The van der Waals surface area contributed by atoms with Crippen LogP contribution in [0.1, 0.15) is 10.4 Å². The molecular weight excluding hydrogens is 342 g/mol. The lowest BCUT2D eigenvalue weighted by molar-refractivity contribution is 0.433. The van der Waals surface area contributed by atoms with Gasteiger partial charge in [0.25, 0.3) is 5.89 Å². The Morgan fingerprint density at radius 3 is 2.81 bits per heavy atom. The van der Waals surface area contributed by atoms with Gasteiger partial charge in [-0.25, -0.2) is 0 Å². The topological polar surface area (TPSA) is 51.0 Å². The Morgan fingerprint density at radius 2 is 1.92 bits per heavy atom. The van der Waals surface area contributed by atoms with Gasteiger partial charge in [0, 0.05) is 22.7 Å². The number of hydrogen-bond acceptors (Lipinski definition) is 5. The Bertz CT molecular complexity index is 1080. The molecule has 0 spiro atoms. The number of anilines is 1. The second kappa shape index (κ2) is 6.11. The predicted molar refractivity (Wildman–Crippen MR) is 105 cm³/mol. The van der Waals surface area contributed by atoms with Crippen molar-refractivity contribution < 1.29 is 4.52 Å². The molecule has 0 radical (unpaired) electrons.